The monoisotopic (exact) mass is 476 g/mol. The van der Waals surface area contributed by atoms with Gasteiger partial charge in [-0.1, -0.05) is 6.07 Å². The average Bonchev–Trinajstić information content (AvgIpc) is 3.54. The maximum Gasteiger partial charge on any atom is 0.251 e. The summed E-state index contributed by atoms with van der Waals surface area (Å²) < 4.78 is 1.49. The topological polar surface area (TPSA) is 127 Å². The number of fused-ring (bicyclic) bond motifs is 1. The number of aldehydes is 1. The van der Waals surface area contributed by atoms with E-state index in [-0.39, 0.29) is 17.6 Å². The van der Waals surface area contributed by atoms with Gasteiger partial charge in [0.25, 0.3) is 5.91 Å². The molecule has 3 N–H and O–H groups in total. The highest BCUT2D eigenvalue weighted by Crippen LogP contribution is 2.34. The molecular formula is C24H24N6O3S. The van der Waals surface area contributed by atoms with Crippen LogP contribution in [0.3, 0.4) is 0 Å². The van der Waals surface area contributed by atoms with E-state index >= 15 is 0 Å². The molecule has 0 aromatic carbocycles. The van der Waals surface area contributed by atoms with Crippen LogP contribution in [0, 0.1) is 0 Å². The fraction of sp³-hybridized carbons (Fsp3) is 0.292. The Morgan fingerprint density at radius 3 is 2.65 bits per heavy atom. The summed E-state index contributed by atoms with van der Waals surface area (Å²) in [7, 11) is 0. The zero-order valence-electron chi connectivity index (χ0n) is 18.6. The van der Waals surface area contributed by atoms with E-state index in [4.69, 9.17) is 10.7 Å². The third-order valence-corrected chi connectivity index (χ3v) is 6.99. The highest BCUT2D eigenvalue weighted by Gasteiger charge is 2.29. The van der Waals surface area contributed by atoms with Gasteiger partial charge in [-0.25, -0.2) is 4.98 Å². The summed E-state index contributed by atoms with van der Waals surface area (Å²) >= 11 is 1.62. The minimum absolute atomic E-state index is 0.0348. The average molecular weight is 477 g/mol. The first-order chi connectivity index (χ1) is 16.5. The lowest BCUT2D eigenvalue weighted by atomic mass is 9.90. The quantitative estimate of drug-likeness (QED) is 0.424. The van der Waals surface area contributed by atoms with Crippen LogP contribution >= 0.6 is 11.3 Å². The Labute approximate surface area is 199 Å². The number of hydrogen-bond acceptors (Lipinski definition) is 8. The molecule has 4 aromatic heterocycles. The molecule has 1 aliphatic heterocycles. The number of nitrogens with two attached hydrogens (primary N) is 1. The number of likely N-dealkylation sites (tertiary alicyclic amines) is 1. The summed E-state index contributed by atoms with van der Waals surface area (Å²) in [5.41, 5.74) is 11.4. The van der Waals surface area contributed by atoms with E-state index in [1.807, 2.05) is 29.0 Å². The van der Waals surface area contributed by atoms with Gasteiger partial charge in [-0.05, 0) is 37.3 Å². The molecule has 0 bridgehead atoms. The molecular weight excluding hydrogens is 452 g/mol. The number of thiophene rings is 1. The lowest BCUT2D eigenvalue weighted by Gasteiger charge is -2.33. The normalized spacial score (nSPS) is 15.5. The van der Waals surface area contributed by atoms with Crippen molar-refractivity contribution in [3.8, 4) is 22.4 Å². The predicted molar refractivity (Wildman–Crippen MR) is 130 cm³/mol. The van der Waals surface area contributed by atoms with Gasteiger partial charge >= 0.3 is 0 Å². The molecule has 0 saturated carbocycles. The largest absolute Gasteiger partial charge is 0.384 e. The number of hydrogen-bond donors (Lipinski definition) is 2. The van der Waals surface area contributed by atoms with Crippen molar-refractivity contribution in [1.82, 2.24) is 24.5 Å². The molecule has 1 atom stereocenters. The van der Waals surface area contributed by atoms with Gasteiger partial charge in [0.2, 0.25) is 0 Å². The maximum absolute atomic E-state index is 12.1. The molecule has 174 valence electrons. The van der Waals surface area contributed by atoms with E-state index in [9.17, 15) is 14.7 Å². The molecule has 1 aliphatic rings. The van der Waals surface area contributed by atoms with E-state index < -0.39 is 6.10 Å². The molecule has 9 nitrogen and oxygen atoms in total. The Balaban J connectivity index is 1.50. The number of carbonyl (C=O) groups excluding carboxylic acids is 2. The first-order valence-electron chi connectivity index (χ1n) is 11.1. The van der Waals surface area contributed by atoms with Gasteiger partial charge in [0.15, 0.2) is 11.9 Å². The molecule has 1 amide bonds. The summed E-state index contributed by atoms with van der Waals surface area (Å²) in [6.45, 7) is 2.44. The van der Waals surface area contributed by atoms with E-state index in [0.29, 0.717) is 42.8 Å². The Morgan fingerprint density at radius 1 is 1.24 bits per heavy atom. The van der Waals surface area contributed by atoms with Crippen molar-refractivity contribution in [2.75, 3.05) is 18.8 Å². The zero-order chi connectivity index (χ0) is 23.8. The standard InChI is InChI=1S/C24H24N6O3S/c1-14(32)24(33)29-7-4-15(5-8-29)21-19(12-31)22(25)30-23(28-21)18(11-27-30)16-2-3-20(26-10-16)17-6-9-34-13-17/h2-3,6,9-15,32H,4-5,7-8,25H2,1H3/t14-/m1/s1. The SMILES string of the molecule is C[C@@H](O)C(=O)N1CCC(c2nc3c(-c4ccc(-c5ccsc5)nc4)cnn3c(N)c2C=O)CC1. The van der Waals surface area contributed by atoms with Gasteiger partial charge in [0, 0.05) is 47.3 Å². The number of piperidine rings is 1. The van der Waals surface area contributed by atoms with Crippen LogP contribution in [0.15, 0.2) is 41.4 Å². The molecule has 1 fully saturated rings. The molecule has 0 radical (unpaired) electrons. The molecule has 5 heterocycles. The lowest BCUT2D eigenvalue weighted by Crippen LogP contribution is -2.42. The fourth-order valence-corrected chi connectivity index (χ4v) is 5.10. The summed E-state index contributed by atoms with van der Waals surface area (Å²) in [6, 6.07) is 5.96. The number of pyridine rings is 1. The van der Waals surface area contributed by atoms with Gasteiger partial charge < -0.3 is 15.7 Å². The van der Waals surface area contributed by atoms with Crippen molar-refractivity contribution >= 4 is 35.0 Å². The van der Waals surface area contributed by atoms with E-state index in [2.05, 4.69) is 10.1 Å². The second kappa shape index (κ2) is 8.96. The van der Waals surface area contributed by atoms with Gasteiger partial charge in [-0.15, -0.1) is 0 Å². The zero-order valence-corrected chi connectivity index (χ0v) is 19.4. The van der Waals surface area contributed by atoms with Crippen LogP contribution in [0.25, 0.3) is 28.0 Å². The highest BCUT2D eigenvalue weighted by atomic mass is 32.1. The predicted octanol–water partition coefficient (Wildman–Crippen LogP) is 3.00. The van der Waals surface area contributed by atoms with Gasteiger partial charge in [0.1, 0.15) is 11.9 Å². The third kappa shape index (κ3) is 3.84. The van der Waals surface area contributed by atoms with Crippen LogP contribution in [0.1, 0.15) is 41.7 Å². The number of aliphatic hydroxyl groups excluding tert-OH is 1. The minimum atomic E-state index is -1.03. The van der Waals surface area contributed by atoms with Crippen molar-refractivity contribution in [2.24, 2.45) is 0 Å². The molecule has 4 aromatic rings. The van der Waals surface area contributed by atoms with Gasteiger partial charge in [-0.3, -0.25) is 14.6 Å². The summed E-state index contributed by atoms with van der Waals surface area (Å²) in [5.74, 6) is -0.0764. The molecule has 34 heavy (non-hydrogen) atoms. The minimum Gasteiger partial charge on any atom is -0.384 e. The van der Waals surface area contributed by atoms with Gasteiger partial charge in [0.05, 0.1) is 23.1 Å². The smallest absolute Gasteiger partial charge is 0.251 e. The van der Waals surface area contributed by atoms with Gasteiger partial charge in [-0.2, -0.15) is 21.0 Å². The van der Waals surface area contributed by atoms with Crippen molar-refractivity contribution in [2.45, 2.75) is 31.8 Å². The van der Waals surface area contributed by atoms with Crippen molar-refractivity contribution in [3.63, 3.8) is 0 Å². The second-order valence-electron chi connectivity index (χ2n) is 8.43. The van der Waals surface area contributed by atoms with Crippen molar-refractivity contribution in [3.05, 3.63) is 52.6 Å². The van der Waals surface area contributed by atoms with Crippen molar-refractivity contribution in [1.29, 1.82) is 0 Å². The Hall–Kier alpha value is -3.63. The number of aliphatic hydroxyl groups is 1. The number of carbonyl (C=O) groups is 2. The van der Waals surface area contributed by atoms with E-state index in [1.165, 1.54) is 11.4 Å². The molecule has 0 unspecified atom stereocenters. The lowest BCUT2D eigenvalue weighted by molar-refractivity contribution is -0.140. The van der Waals surface area contributed by atoms with Crippen LogP contribution in [0.2, 0.25) is 0 Å². The number of rotatable bonds is 5. The number of amides is 1. The fourth-order valence-electron chi connectivity index (χ4n) is 4.45. The first-order valence-corrected chi connectivity index (χ1v) is 12.0. The van der Waals surface area contributed by atoms with Crippen LogP contribution < -0.4 is 5.73 Å². The number of nitrogen functional groups attached to an aromatic ring is 1. The highest BCUT2D eigenvalue weighted by molar-refractivity contribution is 7.08. The number of nitrogens with zero attached hydrogens (tertiary/aromatic N) is 5. The Bertz CT molecular complexity index is 1340. The number of anilines is 1. The Morgan fingerprint density at radius 2 is 2.03 bits per heavy atom. The van der Waals surface area contributed by atoms with E-state index in [1.54, 1.807) is 28.6 Å². The Kier molecular flexibility index (Phi) is 5.84. The molecule has 0 spiro atoms. The number of aromatic nitrogens is 4. The van der Waals surface area contributed by atoms with Crippen LogP contribution in [0.5, 0.6) is 0 Å². The van der Waals surface area contributed by atoms with Crippen molar-refractivity contribution < 1.29 is 14.7 Å². The molecule has 5 rings (SSSR count). The maximum atomic E-state index is 12.1. The summed E-state index contributed by atoms with van der Waals surface area (Å²) in [6.07, 6.45) is 4.42. The summed E-state index contributed by atoms with van der Waals surface area (Å²) in [5, 5.41) is 18.0. The second-order valence-corrected chi connectivity index (χ2v) is 9.21. The molecule has 10 heteroatoms. The first kappa shape index (κ1) is 22.2. The van der Waals surface area contributed by atoms with Crippen LogP contribution in [-0.2, 0) is 4.79 Å². The molecule has 1 saturated heterocycles. The molecule has 0 aliphatic carbocycles. The van der Waals surface area contributed by atoms with Crippen LogP contribution in [-0.4, -0.2) is 61.0 Å². The van der Waals surface area contributed by atoms with Crippen LogP contribution in [0.4, 0.5) is 5.82 Å². The summed E-state index contributed by atoms with van der Waals surface area (Å²) in [4.78, 5) is 35.2. The van der Waals surface area contributed by atoms with E-state index in [0.717, 1.165) is 28.7 Å². The third-order valence-electron chi connectivity index (χ3n) is 6.31.